The number of hydrogen-bond acceptors (Lipinski definition) is 1. The van der Waals surface area contributed by atoms with Crippen LogP contribution in [0.2, 0.25) is 0 Å². The van der Waals surface area contributed by atoms with Crippen LogP contribution < -0.4 is 0 Å². The zero-order valence-corrected chi connectivity index (χ0v) is 11.7. The van der Waals surface area contributed by atoms with Gasteiger partial charge in [0.05, 0.1) is 0 Å². The van der Waals surface area contributed by atoms with Gasteiger partial charge in [-0.3, -0.25) is 4.99 Å². The molecule has 1 heterocycles. The molecule has 1 nitrogen and oxygen atoms in total. The van der Waals surface area contributed by atoms with Crippen LogP contribution >= 0.6 is 0 Å². The van der Waals surface area contributed by atoms with E-state index in [2.05, 4.69) is 38.9 Å². The average molecular weight is 223 g/mol. The Balaban J connectivity index is 2.88. The summed E-state index contributed by atoms with van der Waals surface area (Å²) in [6.45, 7) is 10.6. The molecule has 1 atom stereocenters. The summed E-state index contributed by atoms with van der Waals surface area (Å²) < 4.78 is 0. The van der Waals surface area contributed by atoms with E-state index in [0.717, 1.165) is 6.54 Å². The normalized spacial score (nSPS) is 26.8. The summed E-state index contributed by atoms with van der Waals surface area (Å²) in [6.07, 6.45) is 11.5. The molecule has 0 saturated carbocycles. The molecule has 94 valence electrons. The average Bonchev–Trinajstić information content (AvgIpc) is 2.45. The largest absolute Gasteiger partial charge is 0.297 e. The maximum atomic E-state index is 4.63. The van der Waals surface area contributed by atoms with Crippen LogP contribution in [0, 0.1) is 10.8 Å². The minimum absolute atomic E-state index is 0.329. The van der Waals surface area contributed by atoms with Gasteiger partial charge in [0.25, 0.3) is 0 Å². The number of hydrogen-bond donors (Lipinski definition) is 0. The van der Waals surface area contributed by atoms with Crippen LogP contribution in [0.15, 0.2) is 4.99 Å². The molecule has 0 N–H and O–H groups in total. The minimum atomic E-state index is 0.329. The minimum Gasteiger partial charge on any atom is -0.297 e. The Morgan fingerprint density at radius 2 is 1.81 bits per heavy atom. The summed E-state index contributed by atoms with van der Waals surface area (Å²) in [5, 5.41) is 0. The molecule has 0 saturated heterocycles. The van der Waals surface area contributed by atoms with Gasteiger partial charge in [0.15, 0.2) is 0 Å². The Hall–Kier alpha value is -0.330. The predicted octanol–water partition coefficient (Wildman–Crippen LogP) is 4.85. The Labute approximate surface area is 102 Å². The predicted molar refractivity (Wildman–Crippen MR) is 73.2 cm³/mol. The lowest BCUT2D eigenvalue weighted by Gasteiger charge is -2.44. The van der Waals surface area contributed by atoms with E-state index in [9.17, 15) is 0 Å². The summed E-state index contributed by atoms with van der Waals surface area (Å²) in [7, 11) is 0. The zero-order valence-electron chi connectivity index (χ0n) is 11.7. The van der Waals surface area contributed by atoms with Gasteiger partial charge in [0.2, 0.25) is 0 Å². The Kier molecular flexibility index (Phi) is 5.01. The third-order valence-corrected chi connectivity index (χ3v) is 4.59. The van der Waals surface area contributed by atoms with Crippen LogP contribution in [0.25, 0.3) is 0 Å². The first kappa shape index (κ1) is 13.7. The van der Waals surface area contributed by atoms with Crippen molar-refractivity contribution in [3.8, 4) is 0 Å². The standard InChI is InChI=1S/C15H29N/c1-5-9-14(3,10-6-2)15(4)11-7-8-12-16-13-15/h13H,5-12H2,1-4H3. The summed E-state index contributed by atoms with van der Waals surface area (Å²) in [4.78, 5) is 4.63. The van der Waals surface area contributed by atoms with E-state index in [1.54, 1.807) is 0 Å². The van der Waals surface area contributed by atoms with Crippen molar-refractivity contribution >= 4 is 6.21 Å². The van der Waals surface area contributed by atoms with Crippen LogP contribution in [0.4, 0.5) is 0 Å². The fourth-order valence-electron chi connectivity index (χ4n) is 3.28. The topological polar surface area (TPSA) is 12.4 Å². The Morgan fingerprint density at radius 1 is 1.19 bits per heavy atom. The molecular formula is C15H29N. The molecule has 1 rings (SSSR count). The monoisotopic (exact) mass is 223 g/mol. The summed E-state index contributed by atoms with van der Waals surface area (Å²) >= 11 is 0. The van der Waals surface area contributed by atoms with Crippen molar-refractivity contribution < 1.29 is 0 Å². The Bertz CT molecular complexity index is 226. The van der Waals surface area contributed by atoms with E-state index in [0.29, 0.717) is 10.8 Å². The highest BCUT2D eigenvalue weighted by Crippen LogP contribution is 2.48. The molecule has 0 spiro atoms. The second-order valence-electron chi connectivity index (χ2n) is 5.97. The van der Waals surface area contributed by atoms with Crippen LogP contribution in [0.1, 0.15) is 72.6 Å². The van der Waals surface area contributed by atoms with Crippen LogP contribution in [0.3, 0.4) is 0 Å². The lowest BCUT2D eigenvalue weighted by molar-refractivity contribution is 0.106. The zero-order chi connectivity index (χ0) is 12.1. The van der Waals surface area contributed by atoms with Gasteiger partial charge >= 0.3 is 0 Å². The van der Waals surface area contributed by atoms with E-state index in [1.165, 1.54) is 44.9 Å². The molecule has 1 aliphatic rings. The van der Waals surface area contributed by atoms with Gasteiger partial charge in [-0.25, -0.2) is 0 Å². The second kappa shape index (κ2) is 5.84. The fourth-order valence-corrected chi connectivity index (χ4v) is 3.28. The van der Waals surface area contributed by atoms with E-state index in [1.807, 2.05) is 0 Å². The van der Waals surface area contributed by atoms with Crippen LogP contribution in [-0.4, -0.2) is 12.8 Å². The van der Waals surface area contributed by atoms with E-state index in [4.69, 9.17) is 0 Å². The van der Waals surface area contributed by atoms with Crippen molar-refractivity contribution in [1.29, 1.82) is 0 Å². The fraction of sp³-hybridized carbons (Fsp3) is 0.933. The van der Waals surface area contributed by atoms with Crippen molar-refractivity contribution in [3.05, 3.63) is 0 Å². The van der Waals surface area contributed by atoms with Crippen molar-refractivity contribution in [2.75, 3.05) is 6.54 Å². The van der Waals surface area contributed by atoms with Crippen LogP contribution in [-0.2, 0) is 0 Å². The van der Waals surface area contributed by atoms with Gasteiger partial charge in [0, 0.05) is 18.2 Å². The third-order valence-electron chi connectivity index (χ3n) is 4.59. The molecular weight excluding hydrogens is 194 g/mol. The van der Waals surface area contributed by atoms with Gasteiger partial charge in [0.1, 0.15) is 0 Å². The van der Waals surface area contributed by atoms with E-state index >= 15 is 0 Å². The maximum absolute atomic E-state index is 4.63. The lowest BCUT2D eigenvalue weighted by atomic mass is 9.60. The van der Waals surface area contributed by atoms with Gasteiger partial charge in [-0.1, -0.05) is 47.0 Å². The molecule has 16 heavy (non-hydrogen) atoms. The molecule has 0 aromatic rings. The molecule has 0 aliphatic carbocycles. The van der Waals surface area contributed by atoms with Crippen molar-refractivity contribution in [3.63, 3.8) is 0 Å². The SMILES string of the molecule is CCCC(C)(CCC)C1(C)C=NCCCC1. The summed E-state index contributed by atoms with van der Waals surface area (Å²) in [5.74, 6) is 0. The van der Waals surface area contributed by atoms with E-state index in [-0.39, 0.29) is 0 Å². The highest BCUT2D eigenvalue weighted by molar-refractivity contribution is 5.67. The first-order valence-corrected chi connectivity index (χ1v) is 7.09. The molecule has 0 bridgehead atoms. The molecule has 1 heteroatoms. The number of nitrogens with zero attached hydrogens (tertiary/aromatic N) is 1. The number of rotatable bonds is 5. The Morgan fingerprint density at radius 3 is 2.38 bits per heavy atom. The molecule has 0 amide bonds. The number of aliphatic imine (C=N–C) groups is 1. The highest BCUT2D eigenvalue weighted by atomic mass is 14.7. The van der Waals surface area contributed by atoms with Gasteiger partial charge in [-0.2, -0.15) is 0 Å². The van der Waals surface area contributed by atoms with Crippen molar-refractivity contribution in [2.45, 2.75) is 72.6 Å². The molecule has 1 aliphatic heterocycles. The summed E-state index contributed by atoms with van der Waals surface area (Å²) in [6, 6.07) is 0. The quantitative estimate of drug-likeness (QED) is 0.631. The summed E-state index contributed by atoms with van der Waals surface area (Å²) in [5.41, 5.74) is 0.778. The first-order chi connectivity index (χ1) is 7.58. The van der Waals surface area contributed by atoms with Crippen LogP contribution in [0.5, 0.6) is 0 Å². The second-order valence-corrected chi connectivity index (χ2v) is 5.97. The van der Waals surface area contributed by atoms with Crippen molar-refractivity contribution in [2.24, 2.45) is 15.8 Å². The molecule has 0 radical (unpaired) electrons. The third kappa shape index (κ3) is 2.87. The van der Waals surface area contributed by atoms with Gasteiger partial charge in [-0.05, 0) is 31.1 Å². The maximum Gasteiger partial charge on any atom is 0.0385 e. The molecule has 0 aromatic heterocycles. The molecule has 0 aromatic carbocycles. The smallest absolute Gasteiger partial charge is 0.0385 e. The lowest BCUT2D eigenvalue weighted by Crippen LogP contribution is -2.38. The van der Waals surface area contributed by atoms with Gasteiger partial charge in [-0.15, -0.1) is 0 Å². The van der Waals surface area contributed by atoms with Gasteiger partial charge < -0.3 is 0 Å². The highest BCUT2D eigenvalue weighted by Gasteiger charge is 2.41. The molecule has 1 unspecified atom stereocenters. The first-order valence-electron chi connectivity index (χ1n) is 7.09. The van der Waals surface area contributed by atoms with E-state index < -0.39 is 0 Å². The molecule has 0 fully saturated rings. The van der Waals surface area contributed by atoms with Crippen molar-refractivity contribution in [1.82, 2.24) is 0 Å².